The fraction of sp³-hybridized carbons (Fsp3) is 0.500. The molecule has 0 saturated carbocycles. The number of piperazine rings is 1. The molecule has 0 radical (unpaired) electrons. The Hall–Kier alpha value is -1.11. The van der Waals surface area contributed by atoms with Crippen molar-refractivity contribution in [3.63, 3.8) is 0 Å². The van der Waals surface area contributed by atoms with Crippen LogP contribution in [-0.2, 0) is 6.18 Å². The van der Waals surface area contributed by atoms with Crippen LogP contribution in [0.25, 0.3) is 0 Å². The maximum atomic E-state index is 12.8. The maximum absolute atomic E-state index is 12.8. The zero-order valence-corrected chi connectivity index (χ0v) is 9.74. The van der Waals surface area contributed by atoms with Gasteiger partial charge in [0.15, 0.2) is 0 Å². The Morgan fingerprint density at radius 1 is 1.17 bits per heavy atom. The van der Waals surface area contributed by atoms with Crippen LogP contribution in [0.2, 0.25) is 0 Å². The molecule has 0 spiro atoms. The summed E-state index contributed by atoms with van der Waals surface area (Å²) < 4.78 is 38.5. The van der Waals surface area contributed by atoms with Crippen LogP contribution in [0.1, 0.15) is 17.4 Å². The molecule has 1 unspecified atom stereocenters. The first-order chi connectivity index (χ1) is 8.50. The van der Waals surface area contributed by atoms with Crippen LogP contribution in [0.5, 0.6) is 0 Å². The van der Waals surface area contributed by atoms with Gasteiger partial charge in [0.2, 0.25) is 0 Å². The Balaban J connectivity index is 2.26. The summed E-state index contributed by atoms with van der Waals surface area (Å²) in [7, 11) is 0. The topological polar surface area (TPSA) is 35.5 Å². The number of rotatable bonds is 2. The lowest BCUT2D eigenvalue weighted by molar-refractivity contribution is -0.140. The van der Waals surface area contributed by atoms with E-state index in [0.717, 1.165) is 6.07 Å². The minimum absolute atomic E-state index is 0.0769. The lowest BCUT2D eigenvalue weighted by atomic mass is 10.0. The number of nitrogens with zero attached hydrogens (tertiary/aromatic N) is 1. The molecule has 1 aliphatic heterocycles. The van der Waals surface area contributed by atoms with Gasteiger partial charge in [-0.05, 0) is 6.07 Å². The highest BCUT2D eigenvalue weighted by atomic mass is 19.4. The molecule has 0 bridgehead atoms. The highest BCUT2D eigenvalue weighted by Crippen LogP contribution is 2.35. The predicted octanol–water partition coefficient (Wildman–Crippen LogP) is 1.60. The Morgan fingerprint density at radius 2 is 1.78 bits per heavy atom. The van der Waals surface area contributed by atoms with E-state index in [2.05, 4.69) is 5.32 Å². The van der Waals surface area contributed by atoms with Crippen molar-refractivity contribution in [3.05, 3.63) is 35.4 Å². The van der Waals surface area contributed by atoms with E-state index in [0.29, 0.717) is 26.2 Å². The summed E-state index contributed by atoms with van der Waals surface area (Å²) in [4.78, 5) is 1.64. The summed E-state index contributed by atoms with van der Waals surface area (Å²) >= 11 is 0. The van der Waals surface area contributed by atoms with Gasteiger partial charge in [0, 0.05) is 31.7 Å². The van der Waals surface area contributed by atoms with E-state index in [-0.39, 0.29) is 5.56 Å². The van der Waals surface area contributed by atoms with Gasteiger partial charge >= 0.3 is 6.18 Å². The second kappa shape index (κ2) is 5.26. The lowest BCUT2D eigenvalue weighted by Gasteiger charge is -2.32. The number of nitrogens with one attached hydrogen (secondary N) is 1. The molecule has 100 valence electrons. The van der Waals surface area contributed by atoms with Gasteiger partial charge in [-0.25, -0.2) is 0 Å². The summed E-state index contributed by atoms with van der Waals surface area (Å²) in [6.45, 7) is 2.41. The van der Waals surface area contributed by atoms with Crippen LogP contribution in [0.15, 0.2) is 24.3 Å². The standard InChI is InChI=1S/C12H15F3N2O/c13-12(14,15)10-4-2-1-3-9(10)11(18)17-7-5-16-6-8-17/h1-4,11,16,18H,5-8H2. The molecular formula is C12H15F3N2O. The van der Waals surface area contributed by atoms with Gasteiger partial charge in [-0.2, -0.15) is 13.2 Å². The number of halogens is 3. The fourth-order valence-electron chi connectivity index (χ4n) is 2.10. The molecule has 0 aliphatic carbocycles. The minimum Gasteiger partial charge on any atom is -0.374 e. The molecule has 0 amide bonds. The molecule has 0 aromatic heterocycles. The van der Waals surface area contributed by atoms with Crippen LogP contribution in [0.4, 0.5) is 13.2 Å². The van der Waals surface area contributed by atoms with Crippen molar-refractivity contribution >= 4 is 0 Å². The summed E-state index contributed by atoms with van der Waals surface area (Å²) in [5, 5.41) is 13.2. The van der Waals surface area contributed by atoms with E-state index >= 15 is 0 Å². The van der Waals surface area contributed by atoms with Gasteiger partial charge in [0.1, 0.15) is 6.23 Å². The first-order valence-corrected chi connectivity index (χ1v) is 5.79. The molecule has 1 heterocycles. The first-order valence-electron chi connectivity index (χ1n) is 5.79. The number of hydrogen-bond acceptors (Lipinski definition) is 3. The van der Waals surface area contributed by atoms with Gasteiger partial charge < -0.3 is 10.4 Å². The number of aliphatic hydroxyl groups is 1. The second-order valence-corrected chi connectivity index (χ2v) is 4.24. The summed E-state index contributed by atoms with van der Waals surface area (Å²) in [5.41, 5.74) is -0.845. The monoisotopic (exact) mass is 260 g/mol. The molecule has 6 heteroatoms. The first kappa shape index (κ1) is 13.3. The van der Waals surface area contributed by atoms with Crippen LogP contribution in [-0.4, -0.2) is 36.2 Å². The van der Waals surface area contributed by atoms with Gasteiger partial charge in [-0.3, -0.25) is 4.90 Å². The van der Waals surface area contributed by atoms with E-state index < -0.39 is 18.0 Å². The molecule has 1 aromatic rings. The quantitative estimate of drug-likeness (QED) is 0.848. The highest BCUT2D eigenvalue weighted by Gasteiger charge is 2.35. The van der Waals surface area contributed by atoms with E-state index in [1.54, 1.807) is 4.90 Å². The fourth-order valence-corrected chi connectivity index (χ4v) is 2.10. The van der Waals surface area contributed by atoms with Crippen molar-refractivity contribution in [2.45, 2.75) is 12.4 Å². The van der Waals surface area contributed by atoms with Crippen LogP contribution in [0.3, 0.4) is 0 Å². The molecule has 1 saturated heterocycles. The Morgan fingerprint density at radius 3 is 2.39 bits per heavy atom. The van der Waals surface area contributed by atoms with Crippen molar-refractivity contribution in [1.29, 1.82) is 0 Å². The van der Waals surface area contributed by atoms with Crippen LogP contribution in [0, 0.1) is 0 Å². The third kappa shape index (κ3) is 2.82. The Labute approximate surface area is 103 Å². The molecule has 18 heavy (non-hydrogen) atoms. The summed E-state index contributed by atoms with van der Waals surface area (Å²) in [5.74, 6) is 0. The van der Waals surface area contributed by atoms with Crippen LogP contribution >= 0.6 is 0 Å². The average Bonchev–Trinajstić information content (AvgIpc) is 2.38. The molecule has 2 N–H and O–H groups in total. The number of benzene rings is 1. The normalized spacial score (nSPS) is 19.8. The van der Waals surface area contributed by atoms with Crippen molar-refractivity contribution in [2.24, 2.45) is 0 Å². The van der Waals surface area contributed by atoms with Gasteiger partial charge in [0.25, 0.3) is 0 Å². The number of alkyl halides is 3. The average molecular weight is 260 g/mol. The Kier molecular flexibility index (Phi) is 3.89. The third-order valence-electron chi connectivity index (χ3n) is 3.04. The molecule has 2 rings (SSSR count). The van der Waals surface area contributed by atoms with Crippen molar-refractivity contribution in [2.75, 3.05) is 26.2 Å². The number of aliphatic hydroxyl groups excluding tert-OH is 1. The molecular weight excluding hydrogens is 245 g/mol. The molecule has 1 aromatic carbocycles. The maximum Gasteiger partial charge on any atom is 0.416 e. The zero-order valence-electron chi connectivity index (χ0n) is 9.74. The molecule has 1 atom stereocenters. The third-order valence-corrected chi connectivity index (χ3v) is 3.04. The second-order valence-electron chi connectivity index (χ2n) is 4.24. The van der Waals surface area contributed by atoms with Gasteiger partial charge in [-0.1, -0.05) is 18.2 Å². The summed E-state index contributed by atoms with van der Waals surface area (Å²) in [6, 6.07) is 5.17. The molecule has 1 fully saturated rings. The largest absolute Gasteiger partial charge is 0.416 e. The van der Waals surface area contributed by atoms with Gasteiger partial charge in [-0.15, -0.1) is 0 Å². The van der Waals surface area contributed by atoms with Crippen LogP contribution < -0.4 is 5.32 Å². The van der Waals surface area contributed by atoms with Crippen molar-refractivity contribution in [1.82, 2.24) is 10.2 Å². The van der Waals surface area contributed by atoms with E-state index in [1.165, 1.54) is 18.2 Å². The highest BCUT2D eigenvalue weighted by molar-refractivity contribution is 5.31. The number of hydrogen-bond donors (Lipinski definition) is 2. The van der Waals surface area contributed by atoms with Crippen molar-refractivity contribution < 1.29 is 18.3 Å². The van der Waals surface area contributed by atoms with E-state index in [4.69, 9.17) is 0 Å². The SMILES string of the molecule is OC(c1ccccc1C(F)(F)F)N1CCNCC1. The van der Waals surface area contributed by atoms with E-state index in [9.17, 15) is 18.3 Å². The minimum atomic E-state index is -4.44. The van der Waals surface area contributed by atoms with Crippen molar-refractivity contribution in [3.8, 4) is 0 Å². The van der Waals surface area contributed by atoms with Gasteiger partial charge in [0.05, 0.1) is 5.56 Å². The smallest absolute Gasteiger partial charge is 0.374 e. The molecule has 3 nitrogen and oxygen atoms in total. The predicted molar refractivity (Wildman–Crippen MR) is 60.8 cm³/mol. The van der Waals surface area contributed by atoms with E-state index in [1.807, 2.05) is 0 Å². The lowest BCUT2D eigenvalue weighted by Crippen LogP contribution is -2.45. The molecule has 1 aliphatic rings. The summed E-state index contributed by atoms with van der Waals surface area (Å²) in [6.07, 6.45) is -5.64. The zero-order chi connectivity index (χ0) is 13.2. The Bertz CT molecular complexity index is 403.